The summed E-state index contributed by atoms with van der Waals surface area (Å²) in [5.74, 6) is -1.71. The van der Waals surface area contributed by atoms with E-state index in [4.69, 9.17) is 0 Å². The zero-order valence-electron chi connectivity index (χ0n) is 14.2. The SMILES string of the molecule is Cc1cc(C)nc(Nc2ccc(NC(=O)c3cc(F)ccc3F)cc2)n1. The minimum absolute atomic E-state index is 0.351. The van der Waals surface area contributed by atoms with E-state index in [1.54, 1.807) is 24.3 Å². The highest BCUT2D eigenvalue weighted by Gasteiger charge is 2.13. The van der Waals surface area contributed by atoms with Crippen molar-refractivity contribution in [2.45, 2.75) is 13.8 Å². The zero-order valence-corrected chi connectivity index (χ0v) is 14.2. The average molecular weight is 354 g/mol. The van der Waals surface area contributed by atoms with Crippen LogP contribution in [0.5, 0.6) is 0 Å². The van der Waals surface area contributed by atoms with Gasteiger partial charge in [0.05, 0.1) is 5.56 Å². The number of nitrogens with zero attached hydrogens (tertiary/aromatic N) is 2. The molecule has 1 heterocycles. The quantitative estimate of drug-likeness (QED) is 0.730. The lowest BCUT2D eigenvalue weighted by Gasteiger charge is -2.09. The van der Waals surface area contributed by atoms with Crippen LogP contribution in [0.2, 0.25) is 0 Å². The van der Waals surface area contributed by atoms with Gasteiger partial charge in [0, 0.05) is 22.8 Å². The molecule has 0 radical (unpaired) electrons. The molecule has 0 bridgehead atoms. The molecular weight excluding hydrogens is 338 g/mol. The number of aromatic nitrogens is 2. The second-order valence-electron chi connectivity index (χ2n) is 5.75. The van der Waals surface area contributed by atoms with Crippen LogP contribution in [-0.2, 0) is 0 Å². The highest BCUT2D eigenvalue weighted by Crippen LogP contribution is 2.18. The maximum Gasteiger partial charge on any atom is 0.258 e. The molecular formula is C19H16F2N4O. The first-order chi connectivity index (χ1) is 12.4. The lowest BCUT2D eigenvalue weighted by Crippen LogP contribution is -2.14. The normalized spacial score (nSPS) is 10.5. The van der Waals surface area contributed by atoms with Gasteiger partial charge < -0.3 is 10.6 Å². The largest absolute Gasteiger partial charge is 0.324 e. The van der Waals surface area contributed by atoms with E-state index in [1.165, 1.54) is 0 Å². The van der Waals surface area contributed by atoms with Crippen LogP contribution in [0.1, 0.15) is 21.7 Å². The van der Waals surface area contributed by atoms with Crippen LogP contribution < -0.4 is 10.6 Å². The summed E-state index contributed by atoms with van der Waals surface area (Å²) >= 11 is 0. The Balaban J connectivity index is 1.71. The van der Waals surface area contributed by atoms with E-state index < -0.39 is 17.5 Å². The summed E-state index contributed by atoms with van der Waals surface area (Å²) in [6.45, 7) is 3.76. The molecule has 26 heavy (non-hydrogen) atoms. The molecule has 1 amide bonds. The number of anilines is 3. The van der Waals surface area contributed by atoms with Crippen LogP contribution in [0, 0.1) is 25.5 Å². The molecule has 0 spiro atoms. The fourth-order valence-electron chi connectivity index (χ4n) is 2.42. The molecule has 5 nitrogen and oxygen atoms in total. The number of nitrogens with one attached hydrogen (secondary N) is 2. The Morgan fingerprint density at radius 2 is 1.50 bits per heavy atom. The van der Waals surface area contributed by atoms with Gasteiger partial charge in [-0.25, -0.2) is 18.7 Å². The van der Waals surface area contributed by atoms with E-state index in [0.29, 0.717) is 11.6 Å². The number of amides is 1. The van der Waals surface area contributed by atoms with Gasteiger partial charge in [0.1, 0.15) is 11.6 Å². The van der Waals surface area contributed by atoms with Crippen molar-refractivity contribution in [1.82, 2.24) is 9.97 Å². The highest BCUT2D eigenvalue weighted by molar-refractivity contribution is 6.04. The zero-order chi connectivity index (χ0) is 18.7. The maximum atomic E-state index is 13.6. The van der Waals surface area contributed by atoms with E-state index in [0.717, 1.165) is 35.3 Å². The molecule has 3 rings (SSSR count). The first kappa shape index (κ1) is 17.5. The summed E-state index contributed by atoms with van der Waals surface area (Å²) in [5.41, 5.74) is 2.52. The molecule has 0 saturated heterocycles. The van der Waals surface area contributed by atoms with E-state index in [2.05, 4.69) is 20.6 Å². The van der Waals surface area contributed by atoms with E-state index >= 15 is 0 Å². The van der Waals surface area contributed by atoms with Gasteiger partial charge in [-0.1, -0.05) is 0 Å². The lowest BCUT2D eigenvalue weighted by atomic mass is 10.2. The Morgan fingerprint density at radius 1 is 0.885 bits per heavy atom. The van der Waals surface area contributed by atoms with Gasteiger partial charge in [0.15, 0.2) is 0 Å². The molecule has 1 aromatic heterocycles. The first-order valence-corrected chi connectivity index (χ1v) is 7.86. The van der Waals surface area contributed by atoms with Gasteiger partial charge in [-0.05, 0) is 62.4 Å². The standard InChI is InChI=1S/C19H16F2N4O/c1-11-9-12(2)23-19(22-11)25-15-6-4-14(5-7-15)24-18(26)16-10-13(20)3-8-17(16)21/h3-10H,1-2H3,(H,24,26)(H,22,23,25). The van der Waals surface area contributed by atoms with Crippen molar-refractivity contribution in [2.24, 2.45) is 0 Å². The lowest BCUT2D eigenvalue weighted by molar-refractivity contribution is 0.102. The van der Waals surface area contributed by atoms with Crippen LogP contribution in [0.3, 0.4) is 0 Å². The molecule has 3 aromatic rings. The molecule has 0 aliphatic rings. The van der Waals surface area contributed by atoms with Crippen molar-refractivity contribution in [3.8, 4) is 0 Å². The van der Waals surface area contributed by atoms with Crippen molar-refractivity contribution < 1.29 is 13.6 Å². The summed E-state index contributed by atoms with van der Waals surface area (Å²) in [5, 5.41) is 5.60. The molecule has 132 valence electrons. The molecule has 7 heteroatoms. The van der Waals surface area contributed by atoms with Gasteiger partial charge >= 0.3 is 0 Å². The second-order valence-corrected chi connectivity index (χ2v) is 5.75. The van der Waals surface area contributed by atoms with E-state index in [9.17, 15) is 13.6 Å². The third kappa shape index (κ3) is 4.18. The molecule has 0 fully saturated rings. The number of rotatable bonds is 4. The molecule has 0 unspecified atom stereocenters. The number of halogens is 2. The Labute approximate surface area is 149 Å². The monoisotopic (exact) mass is 354 g/mol. The predicted octanol–water partition coefficient (Wildman–Crippen LogP) is 4.37. The van der Waals surface area contributed by atoms with Gasteiger partial charge in [-0.3, -0.25) is 4.79 Å². The average Bonchev–Trinajstić information content (AvgIpc) is 2.58. The molecule has 0 aliphatic heterocycles. The summed E-state index contributed by atoms with van der Waals surface area (Å²) in [6, 6.07) is 11.3. The number of aryl methyl sites for hydroxylation is 2. The number of hydrogen-bond donors (Lipinski definition) is 2. The predicted molar refractivity (Wildman–Crippen MR) is 95.5 cm³/mol. The Morgan fingerprint density at radius 3 is 2.15 bits per heavy atom. The Bertz CT molecular complexity index is 938. The van der Waals surface area contributed by atoms with Crippen LogP contribution in [0.15, 0.2) is 48.5 Å². The van der Waals surface area contributed by atoms with Gasteiger partial charge in [-0.15, -0.1) is 0 Å². The number of benzene rings is 2. The molecule has 2 N–H and O–H groups in total. The van der Waals surface area contributed by atoms with Crippen LogP contribution in [0.4, 0.5) is 26.1 Å². The number of carbonyl (C=O) groups is 1. The molecule has 0 aliphatic carbocycles. The Kier molecular flexibility index (Phi) is 4.88. The van der Waals surface area contributed by atoms with E-state index in [1.807, 2.05) is 19.9 Å². The molecule has 0 atom stereocenters. The fraction of sp³-hybridized carbons (Fsp3) is 0.105. The van der Waals surface area contributed by atoms with Crippen LogP contribution in [-0.4, -0.2) is 15.9 Å². The highest BCUT2D eigenvalue weighted by atomic mass is 19.1. The molecule has 2 aromatic carbocycles. The van der Waals surface area contributed by atoms with Gasteiger partial charge in [0.25, 0.3) is 5.91 Å². The van der Waals surface area contributed by atoms with E-state index in [-0.39, 0.29) is 5.56 Å². The first-order valence-electron chi connectivity index (χ1n) is 7.86. The van der Waals surface area contributed by atoms with Gasteiger partial charge in [0.2, 0.25) is 5.95 Å². The number of hydrogen-bond acceptors (Lipinski definition) is 4. The number of carbonyl (C=O) groups excluding carboxylic acids is 1. The van der Waals surface area contributed by atoms with Crippen molar-refractivity contribution in [1.29, 1.82) is 0 Å². The second kappa shape index (κ2) is 7.26. The topological polar surface area (TPSA) is 66.9 Å². The van der Waals surface area contributed by atoms with Crippen LogP contribution in [0.25, 0.3) is 0 Å². The summed E-state index contributed by atoms with van der Waals surface area (Å²) in [6.07, 6.45) is 0. The third-order valence-corrected chi connectivity index (χ3v) is 3.55. The smallest absolute Gasteiger partial charge is 0.258 e. The van der Waals surface area contributed by atoms with Crippen molar-refractivity contribution >= 4 is 23.2 Å². The van der Waals surface area contributed by atoms with Crippen molar-refractivity contribution in [3.63, 3.8) is 0 Å². The van der Waals surface area contributed by atoms with Crippen LogP contribution >= 0.6 is 0 Å². The van der Waals surface area contributed by atoms with Crippen molar-refractivity contribution in [2.75, 3.05) is 10.6 Å². The van der Waals surface area contributed by atoms with Crippen molar-refractivity contribution in [3.05, 3.63) is 77.1 Å². The fourth-order valence-corrected chi connectivity index (χ4v) is 2.42. The third-order valence-electron chi connectivity index (χ3n) is 3.55. The summed E-state index contributed by atoms with van der Waals surface area (Å²) < 4.78 is 26.8. The summed E-state index contributed by atoms with van der Waals surface area (Å²) in [7, 11) is 0. The minimum atomic E-state index is -0.783. The summed E-state index contributed by atoms with van der Waals surface area (Å²) in [4.78, 5) is 20.7. The van der Waals surface area contributed by atoms with Gasteiger partial charge in [-0.2, -0.15) is 0 Å². The maximum absolute atomic E-state index is 13.6. The Hall–Kier alpha value is -3.35. The minimum Gasteiger partial charge on any atom is -0.324 e. The molecule has 0 saturated carbocycles.